The third-order valence-corrected chi connectivity index (χ3v) is 7.29. The number of amides is 2. The first-order valence-corrected chi connectivity index (χ1v) is 13.3. The summed E-state index contributed by atoms with van der Waals surface area (Å²) in [5, 5.41) is 2.56. The van der Waals surface area contributed by atoms with Crippen LogP contribution in [0.1, 0.15) is 41.0 Å². The molecule has 0 aromatic carbocycles. The van der Waals surface area contributed by atoms with Crippen LogP contribution in [0.15, 0.2) is 58.9 Å². The fraction of sp³-hybridized carbons (Fsp3) is 0.533. The predicted molar refractivity (Wildman–Crippen MR) is 150 cm³/mol. The fourth-order valence-electron chi connectivity index (χ4n) is 5.27. The molecule has 0 fully saturated rings. The molecule has 7 unspecified atom stereocenters. The quantitative estimate of drug-likeness (QED) is 0.395. The maximum absolute atomic E-state index is 13.4. The Bertz CT molecular complexity index is 1130. The minimum absolute atomic E-state index is 0.119. The molecule has 2 rings (SSSR count). The number of rotatable bonds is 4. The van der Waals surface area contributed by atoms with Crippen molar-refractivity contribution in [2.75, 3.05) is 21.3 Å². The van der Waals surface area contributed by atoms with E-state index >= 15 is 0 Å². The molecule has 0 saturated carbocycles. The van der Waals surface area contributed by atoms with E-state index in [0.29, 0.717) is 12.0 Å². The molecule has 40 heavy (non-hydrogen) atoms. The molecule has 3 N–H and O–H groups in total. The zero-order valence-corrected chi connectivity index (χ0v) is 24.6. The van der Waals surface area contributed by atoms with Crippen LogP contribution in [-0.2, 0) is 33.3 Å². The van der Waals surface area contributed by atoms with E-state index in [0.717, 1.165) is 11.6 Å². The fourth-order valence-corrected chi connectivity index (χ4v) is 5.27. The van der Waals surface area contributed by atoms with Crippen molar-refractivity contribution in [2.45, 2.75) is 65.5 Å². The highest BCUT2D eigenvalue weighted by molar-refractivity contribution is 6.22. The topological polar surface area (TPSA) is 143 Å². The van der Waals surface area contributed by atoms with E-state index in [1.54, 1.807) is 39.4 Å². The predicted octanol–water partition coefficient (Wildman–Crippen LogP) is 3.33. The van der Waals surface area contributed by atoms with Crippen molar-refractivity contribution >= 4 is 23.6 Å². The van der Waals surface area contributed by atoms with Gasteiger partial charge in [0.15, 0.2) is 5.78 Å². The molecule has 1 aliphatic carbocycles. The number of Topliss-reactive ketones (excluding diaryl/α,β-unsaturated/α-hetero) is 1. The average molecular weight is 559 g/mol. The zero-order chi connectivity index (χ0) is 30.1. The number of carbonyl (C=O) groups is 4. The van der Waals surface area contributed by atoms with E-state index in [1.807, 2.05) is 33.8 Å². The van der Waals surface area contributed by atoms with E-state index in [4.69, 9.17) is 24.7 Å². The van der Waals surface area contributed by atoms with Crippen molar-refractivity contribution in [3.8, 4) is 0 Å². The lowest BCUT2D eigenvalue weighted by atomic mass is 9.83. The molecule has 220 valence electrons. The van der Waals surface area contributed by atoms with Crippen molar-refractivity contribution in [1.29, 1.82) is 0 Å². The van der Waals surface area contributed by atoms with Gasteiger partial charge in [-0.2, -0.15) is 0 Å². The SMILES string of the molecule is COC1CC(C)C(OC)C2=CC(=O)C=C(NC(=O)/C(C)=C/C=C\C(C)C(OC(N)=O)/C(C)=C\C(C)C1OC)C2=O. The highest BCUT2D eigenvalue weighted by atomic mass is 16.6. The number of methoxy groups -OCH3 is 3. The molecule has 2 aliphatic rings. The second kappa shape index (κ2) is 14.9. The summed E-state index contributed by atoms with van der Waals surface area (Å²) in [5.74, 6) is -2.19. The van der Waals surface area contributed by atoms with E-state index in [1.165, 1.54) is 13.2 Å². The first-order chi connectivity index (χ1) is 18.8. The standard InChI is InChI=1S/C30H42N2O8/c1-16-10-9-11-17(2)29(35)32-23-15-21(33)14-22(25(23)34)27(38-7)20(5)13-24(37-6)28(39-8)19(4)12-18(3)26(16)40-30(31)36/h9-12,14-16,19-20,24,26-28H,13H2,1-8H3,(H2,31,36)(H,32,35)/b10-9-,17-11+,18-12-. The second-order valence-corrected chi connectivity index (χ2v) is 10.4. The Kier molecular flexibility index (Phi) is 12.2. The van der Waals surface area contributed by atoms with Gasteiger partial charge < -0.3 is 30.0 Å². The van der Waals surface area contributed by atoms with Crippen LogP contribution in [0.2, 0.25) is 0 Å². The number of nitrogens with one attached hydrogen (secondary N) is 1. The molecule has 7 atom stereocenters. The van der Waals surface area contributed by atoms with Crippen LogP contribution in [0.25, 0.3) is 0 Å². The van der Waals surface area contributed by atoms with Gasteiger partial charge in [-0.05, 0) is 37.8 Å². The van der Waals surface area contributed by atoms with Crippen molar-refractivity contribution < 1.29 is 38.1 Å². The Morgan fingerprint density at radius 3 is 2.20 bits per heavy atom. The molecule has 1 aliphatic heterocycles. The Morgan fingerprint density at radius 2 is 1.62 bits per heavy atom. The molecule has 10 heteroatoms. The number of carbonyl (C=O) groups excluding carboxylic acids is 4. The molecule has 2 bridgehead atoms. The Hall–Kier alpha value is -3.34. The van der Waals surface area contributed by atoms with Gasteiger partial charge in [0.1, 0.15) is 6.10 Å². The molecule has 0 aromatic rings. The van der Waals surface area contributed by atoms with Crippen molar-refractivity contribution in [2.24, 2.45) is 23.5 Å². The Balaban J connectivity index is 2.62. The van der Waals surface area contributed by atoms with Gasteiger partial charge in [-0.25, -0.2) is 4.79 Å². The number of primary amides is 1. The Morgan fingerprint density at radius 1 is 0.950 bits per heavy atom. The first-order valence-electron chi connectivity index (χ1n) is 13.3. The number of nitrogens with two attached hydrogens (primary N) is 1. The first kappa shape index (κ1) is 32.9. The number of allylic oxidation sites excluding steroid dienone is 5. The summed E-state index contributed by atoms with van der Waals surface area (Å²) < 4.78 is 22.9. The lowest BCUT2D eigenvalue weighted by Crippen LogP contribution is -2.40. The van der Waals surface area contributed by atoms with Crippen LogP contribution >= 0.6 is 0 Å². The summed E-state index contributed by atoms with van der Waals surface area (Å²) in [6.45, 7) is 9.17. The van der Waals surface area contributed by atoms with Gasteiger partial charge in [-0.3, -0.25) is 14.4 Å². The lowest BCUT2D eigenvalue weighted by Gasteiger charge is -2.34. The van der Waals surface area contributed by atoms with Crippen LogP contribution in [0.5, 0.6) is 0 Å². The molecule has 0 spiro atoms. The van der Waals surface area contributed by atoms with Crippen molar-refractivity contribution in [1.82, 2.24) is 5.32 Å². The molecule has 0 aromatic heterocycles. The smallest absolute Gasteiger partial charge is 0.405 e. The van der Waals surface area contributed by atoms with E-state index in [9.17, 15) is 19.2 Å². The molecule has 0 radical (unpaired) electrons. The lowest BCUT2D eigenvalue weighted by molar-refractivity contribution is -0.120. The summed E-state index contributed by atoms with van der Waals surface area (Å²) in [6, 6.07) is 0. The molecular weight excluding hydrogens is 516 g/mol. The van der Waals surface area contributed by atoms with Crippen LogP contribution in [0.3, 0.4) is 0 Å². The largest absolute Gasteiger partial charge is 0.441 e. The maximum atomic E-state index is 13.4. The monoisotopic (exact) mass is 558 g/mol. The van der Waals surface area contributed by atoms with Crippen LogP contribution in [0.4, 0.5) is 4.79 Å². The summed E-state index contributed by atoms with van der Waals surface area (Å²) in [6.07, 6.45) is 6.65. The normalized spacial score (nSPS) is 34.4. The number of ketones is 2. The molecule has 0 saturated heterocycles. The van der Waals surface area contributed by atoms with Gasteiger partial charge in [0.25, 0.3) is 5.91 Å². The van der Waals surface area contributed by atoms with Gasteiger partial charge in [0, 0.05) is 50.4 Å². The van der Waals surface area contributed by atoms with E-state index in [2.05, 4.69) is 5.32 Å². The summed E-state index contributed by atoms with van der Waals surface area (Å²) in [7, 11) is 4.64. The minimum atomic E-state index is -0.902. The van der Waals surface area contributed by atoms with Crippen LogP contribution in [-0.4, -0.2) is 69.3 Å². The highest BCUT2D eigenvalue weighted by Gasteiger charge is 2.36. The molecule has 10 nitrogen and oxygen atoms in total. The average Bonchev–Trinajstić information content (AvgIpc) is 2.88. The second-order valence-electron chi connectivity index (χ2n) is 10.4. The summed E-state index contributed by atoms with van der Waals surface area (Å²) in [5.41, 5.74) is 6.49. The summed E-state index contributed by atoms with van der Waals surface area (Å²) >= 11 is 0. The molecular formula is C30H42N2O8. The number of ether oxygens (including phenoxy) is 4. The van der Waals surface area contributed by atoms with Crippen LogP contribution in [0, 0.1) is 17.8 Å². The third-order valence-electron chi connectivity index (χ3n) is 7.29. The summed E-state index contributed by atoms with van der Waals surface area (Å²) in [4.78, 5) is 50.5. The maximum Gasteiger partial charge on any atom is 0.405 e. The van der Waals surface area contributed by atoms with Crippen LogP contribution < -0.4 is 11.1 Å². The minimum Gasteiger partial charge on any atom is -0.441 e. The number of fused-ring (bicyclic) bond motifs is 2. The molecule has 2 amide bonds. The number of hydrogen-bond donors (Lipinski definition) is 2. The van der Waals surface area contributed by atoms with E-state index in [-0.39, 0.29) is 29.0 Å². The highest BCUT2D eigenvalue weighted by Crippen LogP contribution is 2.30. The molecule has 1 heterocycles. The van der Waals surface area contributed by atoms with E-state index < -0.39 is 48.0 Å². The van der Waals surface area contributed by atoms with Gasteiger partial charge >= 0.3 is 6.09 Å². The van der Waals surface area contributed by atoms with Gasteiger partial charge in [-0.1, -0.05) is 45.1 Å². The Labute approximate surface area is 236 Å². The number of hydrogen-bond acceptors (Lipinski definition) is 8. The third kappa shape index (κ3) is 8.33. The zero-order valence-electron chi connectivity index (χ0n) is 24.6. The van der Waals surface area contributed by atoms with Gasteiger partial charge in [0.05, 0.1) is 24.0 Å². The van der Waals surface area contributed by atoms with Crippen molar-refractivity contribution in [3.05, 3.63) is 58.9 Å². The van der Waals surface area contributed by atoms with Gasteiger partial charge in [-0.15, -0.1) is 0 Å². The van der Waals surface area contributed by atoms with Crippen molar-refractivity contribution in [3.63, 3.8) is 0 Å². The van der Waals surface area contributed by atoms with Gasteiger partial charge in [0.2, 0.25) is 5.78 Å².